The van der Waals surface area contributed by atoms with Gasteiger partial charge in [-0.15, -0.1) is 0 Å². The number of benzene rings is 1. The van der Waals surface area contributed by atoms with Crippen molar-refractivity contribution in [3.63, 3.8) is 0 Å². The molecule has 0 unspecified atom stereocenters. The SMILES string of the molecule is CC(C)NCCCCc1ccc(F)cc1Cl. The molecule has 0 saturated carbocycles. The predicted molar refractivity (Wildman–Crippen MR) is 67.5 cm³/mol. The van der Waals surface area contributed by atoms with Gasteiger partial charge in [0.2, 0.25) is 0 Å². The Labute approximate surface area is 102 Å². The minimum absolute atomic E-state index is 0.268. The van der Waals surface area contributed by atoms with E-state index in [4.69, 9.17) is 11.6 Å². The third-order valence-corrected chi connectivity index (χ3v) is 2.79. The molecular weight excluding hydrogens is 225 g/mol. The van der Waals surface area contributed by atoms with Gasteiger partial charge in [-0.1, -0.05) is 31.5 Å². The lowest BCUT2D eigenvalue weighted by atomic mass is 10.1. The second kappa shape index (κ2) is 6.87. The molecule has 1 aromatic rings. The monoisotopic (exact) mass is 243 g/mol. The average Bonchev–Trinajstić information content (AvgIpc) is 2.20. The van der Waals surface area contributed by atoms with Gasteiger partial charge >= 0.3 is 0 Å². The van der Waals surface area contributed by atoms with Crippen molar-refractivity contribution >= 4 is 11.6 Å². The standard InChI is InChI=1S/C13H19ClFN/c1-10(2)16-8-4-3-5-11-6-7-12(15)9-13(11)14/h6-7,9-10,16H,3-5,8H2,1-2H3. The Balaban J connectivity index is 2.27. The molecule has 0 fully saturated rings. The van der Waals surface area contributed by atoms with Crippen LogP contribution in [0.3, 0.4) is 0 Å². The van der Waals surface area contributed by atoms with Crippen LogP contribution in [0, 0.1) is 5.82 Å². The largest absolute Gasteiger partial charge is 0.315 e. The maximum Gasteiger partial charge on any atom is 0.124 e. The molecule has 1 aromatic carbocycles. The Morgan fingerprint density at radius 1 is 1.31 bits per heavy atom. The smallest absolute Gasteiger partial charge is 0.124 e. The minimum Gasteiger partial charge on any atom is -0.315 e. The van der Waals surface area contributed by atoms with Crippen molar-refractivity contribution in [3.05, 3.63) is 34.6 Å². The molecule has 0 aliphatic heterocycles. The number of unbranched alkanes of at least 4 members (excludes halogenated alkanes) is 1. The number of aryl methyl sites for hydroxylation is 1. The number of halogens is 2. The van der Waals surface area contributed by atoms with E-state index in [1.807, 2.05) is 0 Å². The third-order valence-electron chi connectivity index (χ3n) is 2.44. The number of rotatable bonds is 6. The van der Waals surface area contributed by atoms with E-state index in [-0.39, 0.29) is 5.82 Å². The Hall–Kier alpha value is -0.600. The predicted octanol–water partition coefficient (Wildman–Crippen LogP) is 3.80. The Morgan fingerprint density at radius 3 is 2.69 bits per heavy atom. The van der Waals surface area contributed by atoms with E-state index in [1.165, 1.54) is 12.1 Å². The van der Waals surface area contributed by atoms with Crippen molar-refractivity contribution in [2.45, 2.75) is 39.2 Å². The summed E-state index contributed by atoms with van der Waals surface area (Å²) in [6.45, 7) is 5.30. The lowest BCUT2D eigenvalue weighted by Crippen LogP contribution is -2.23. The molecule has 16 heavy (non-hydrogen) atoms. The van der Waals surface area contributed by atoms with E-state index in [2.05, 4.69) is 19.2 Å². The highest BCUT2D eigenvalue weighted by Gasteiger charge is 2.01. The fourth-order valence-electron chi connectivity index (χ4n) is 1.56. The molecule has 0 aliphatic rings. The fraction of sp³-hybridized carbons (Fsp3) is 0.538. The molecule has 0 heterocycles. The lowest BCUT2D eigenvalue weighted by molar-refractivity contribution is 0.557. The molecular formula is C13H19ClFN. The van der Waals surface area contributed by atoms with Crippen molar-refractivity contribution in [3.8, 4) is 0 Å². The summed E-state index contributed by atoms with van der Waals surface area (Å²) in [6, 6.07) is 5.15. The second-order valence-electron chi connectivity index (χ2n) is 4.30. The first kappa shape index (κ1) is 13.5. The molecule has 0 aromatic heterocycles. The number of hydrogen-bond acceptors (Lipinski definition) is 1. The molecule has 0 saturated heterocycles. The lowest BCUT2D eigenvalue weighted by Gasteiger charge is -2.08. The molecule has 0 spiro atoms. The highest BCUT2D eigenvalue weighted by Crippen LogP contribution is 2.18. The topological polar surface area (TPSA) is 12.0 Å². The van der Waals surface area contributed by atoms with E-state index in [0.29, 0.717) is 11.1 Å². The first-order chi connectivity index (χ1) is 7.59. The van der Waals surface area contributed by atoms with Crippen LogP contribution in [-0.4, -0.2) is 12.6 Å². The van der Waals surface area contributed by atoms with Crippen LogP contribution in [0.25, 0.3) is 0 Å². The summed E-state index contributed by atoms with van der Waals surface area (Å²) in [5.41, 5.74) is 1.03. The van der Waals surface area contributed by atoms with Gasteiger partial charge in [-0.3, -0.25) is 0 Å². The second-order valence-corrected chi connectivity index (χ2v) is 4.71. The molecule has 1 rings (SSSR count). The zero-order valence-electron chi connectivity index (χ0n) is 9.89. The van der Waals surface area contributed by atoms with Crippen molar-refractivity contribution in [1.82, 2.24) is 5.32 Å². The van der Waals surface area contributed by atoms with Gasteiger partial charge in [-0.2, -0.15) is 0 Å². The van der Waals surface area contributed by atoms with Gasteiger partial charge in [0.05, 0.1) is 0 Å². The maximum absolute atomic E-state index is 12.8. The van der Waals surface area contributed by atoms with Crippen LogP contribution in [0.4, 0.5) is 4.39 Å². The van der Waals surface area contributed by atoms with Crippen molar-refractivity contribution < 1.29 is 4.39 Å². The quantitative estimate of drug-likeness (QED) is 0.750. The van der Waals surface area contributed by atoms with E-state index >= 15 is 0 Å². The zero-order valence-corrected chi connectivity index (χ0v) is 10.6. The highest BCUT2D eigenvalue weighted by molar-refractivity contribution is 6.31. The zero-order chi connectivity index (χ0) is 12.0. The van der Waals surface area contributed by atoms with Gasteiger partial charge in [0.1, 0.15) is 5.82 Å². The van der Waals surface area contributed by atoms with Crippen molar-refractivity contribution in [2.75, 3.05) is 6.54 Å². The van der Waals surface area contributed by atoms with E-state index in [0.717, 1.165) is 31.4 Å². The summed E-state index contributed by atoms with van der Waals surface area (Å²) in [4.78, 5) is 0. The van der Waals surface area contributed by atoms with Crippen LogP contribution in [0.1, 0.15) is 32.3 Å². The first-order valence-electron chi connectivity index (χ1n) is 5.77. The number of nitrogens with one attached hydrogen (secondary N) is 1. The molecule has 0 radical (unpaired) electrons. The molecule has 1 nitrogen and oxygen atoms in total. The van der Waals surface area contributed by atoms with E-state index in [9.17, 15) is 4.39 Å². The summed E-state index contributed by atoms with van der Waals surface area (Å²) >= 11 is 5.94. The van der Waals surface area contributed by atoms with Gasteiger partial charge in [-0.05, 0) is 43.5 Å². The normalized spacial score (nSPS) is 11.1. The summed E-state index contributed by atoms with van der Waals surface area (Å²) in [5.74, 6) is -0.268. The van der Waals surface area contributed by atoms with Crippen LogP contribution in [0.15, 0.2) is 18.2 Å². The van der Waals surface area contributed by atoms with Crippen molar-refractivity contribution in [2.24, 2.45) is 0 Å². The Morgan fingerprint density at radius 2 is 2.06 bits per heavy atom. The first-order valence-corrected chi connectivity index (χ1v) is 6.14. The third kappa shape index (κ3) is 4.95. The molecule has 0 atom stereocenters. The summed E-state index contributed by atoms with van der Waals surface area (Å²) < 4.78 is 12.8. The highest BCUT2D eigenvalue weighted by atomic mass is 35.5. The van der Waals surface area contributed by atoms with Gasteiger partial charge in [0.15, 0.2) is 0 Å². The summed E-state index contributed by atoms with van der Waals surface area (Å²) in [7, 11) is 0. The van der Waals surface area contributed by atoms with Crippen molar-refractivity contribution in [1.29, 1.82) is 0 Å². The fourth-order valence-corrected chi connectivity index (χ4v) is 1.82. The molecule has 1 N–H and O–H groups in total. The van der Waals surface area contributed by atoms with E-state index in [1.54, 1.807) is 6.07 Å². The van der Waals surface area contributed by atoms with Gasteiger partial charge in [0.25, 0.3) is 0 Å². The summed E-state index contributed by atoms with van der Waals surface area (Å²) in [5, 5.41) is 3.90. The average molecular weight is 244 g/mol. The van der Waals surface area contributed by atoms with Crippen LogP contribution >= 0.6 is 11.6 Å². The van der Waals surface area contributed by atoms with Gasteiger partial charge in [-0.25, -0.2) is 4.39 Å². The number of hydrogen-bond donors (Lipinski definition) is 1. The summed E-state index contributed by atoms with van der Waals surface area (Å²) in [6.07, 6.45) is 3.11. The maximum atomic E-state index is 12.8. The molecule has 0 bridgehead atoms. The molecule has 3 heteroatoms. The van der Waals surface area contributed by atoms with Gasteiger partial charge in [0, 0.05) is 11.1 Å². The minimum atomic E-state index is -0.268. The van der Waals surface area contributed by atoms with Crippen LogP contribution < -0.4 is 5.32 Å². The van der Waals surface area contributed by atoms with Gasteiger partial charge < -0.3 is 5.32 Å². The van der Waals surface area contributed by atoms with Crippen LogP contribution in [0.2, 0.25) is 5.02 Å². The molecule has 90 valence electrons. The molecule has 0 amide bonds. The van der Waals surface area contributed by atoms with Crippen LogP contribution in [0.5, 0.6) is 0 Å². The molecule has 0 aliphatic carbocycles. The Bertz CT molecular complexity index is 326. The van der Waals surface area contributed by atoms with E-state index < -0.39 is 0 Å². The van der Waals surface area contributed by atoms with Crippen LogP contribution in [-0.2, 0) is 6.42 Å². The Kier molecular flexibility index (Phi) is 5.78.